The minimum Gasteiger partial charge on any atom is -0.463 e. The summed E-state index contributed by atoms with van der Waals surface area (Å²) in [4.78, 5) is 81.9. The van der Waals surface area contributed by atoms with Crippen LogP contribution in [0.25, 0.3) is 0 Å². The van der Waals surface area contributed by atoms with E-state index in [1.54, 1.807) is 6.92 Å². The van der Waals surface area contributed by atoms with E-state index in [4.69, 9.17) is 14.3 Å². The highest BCUT2D eigenvalue weighted by molar-refractivity contribution is 8.00. The van der Waals surface area contributed by atoms with Crippen molar-refractivity contribution < 1.29 is 43.2 Å². The fourth-order valence-electron chi connectivity index (χ4n) is 3.73. The number of carbonyl (C=O) groups is 5. The zero-order valence-corrected chi connectivity index (χ0v) is 23.3. The second-order valence-electron chi connectivity index (χ2n) is 8.29. The van der Waals surface area contributed by atoms with Crippen LogP contribution in [0.3, 0.4) is 0 Å². The molecule has 220 valence electrons. The molecule has 0 aliphatic carbocycles. The molecule has 2 atom stereocenters. The number of oxime groups is 1. The van der Waals surface area contributed by atoms with Gasteiger partial charge in [0.1, 0.15) is 29.4 Å². The van der Waals surface area contributed by atoms with Crippen molar-refractivity contribution in [2.24, 2.45) is 5.16 Å². The lowest BCUT2D eigenvalue weighted by Gasteiger charge is -2.48. The molecule has 1 unspecified atom stereocenters. The van der Waals surface area contributed by atoms with Crippen LogP contribution in [0, 0.1) is 10.1 Å². The van der Waals surface area contributed by atoms with Crippen LogP contribution >= 0.6 is 23.1 Å². The highest BCUT2D eigenvalue weighted by Crippen LogP contribution is 2.38. The van der Waals surface area contributed by atoms with E-state index in [0.717, 1.165) is 11.3 Å². The largest absolute Gasteiger partial charge is 0.463 e. The third kappa shape index (κ3) is 6.89. The number of ether oxygens (including phenoxy) is 2. The maximum atomic E-state index is 13.2. The molecule has 1 fully saturated rings. The summed E-state index contributed by atoms with van der Waals surface area (Å²) in [5, 5.41) is 20.4. The van der Waals surface area contributed by atoms with Gasteiger partial charge in [-0.05, 0) is 30.7 Å². The number of thiazole rings is 1. The minimum absolute atomic E-state index is 0.00639. The average molecular weight is 619 g/mol. The zero-order chi connectivity index (χ0) is 30.2. The number of hydrogen-bond acceptors (Lipinski definition) is 14. The molecule has 1 aromatic heterocycles. The predicted octanol–water partition coefficient (Wildman–Crippen LogP) is 0.931. The molecule has 0 radical (unpaired) electrons. The molecule has 3 heterocycles. The monoisotopic (exact) mass is 618 g/mol. The van der Waals surface area contributed by atoms with Crippen molar-refractivity contribution in [3.63, 3.8) is 0 Å². The van der Waals surface area contributed by atoms with E-state index in [2.05, 4.69) is 20.8 Å². The van der Waals surface area contributed by atoms with Crippen LogP contribution in [-0.4, -0.2) is 81.1 Å². The van der Waals surface area contributed by atoms with Crippen LogP contribution < -0.4 is 10.6 Å². The van der Waals surface area contributed by atoms with Gasteiger partial charge in [0.15, 0.2) is 10.8 Å². The first kappa shape index (κ1) is 30.1. The summed E-state index contributed by atoms with van der Waals surface area (Å²) in [6, 6.07) is 4.44. The highest BCUT2D eigenvalue weighted by atomic mass is 32.2. The molecule has 18 heteroatoms. The number of fused-ring (bicyclic) bond motifs is 1. The number of carbonyl (C=O) groups excluding carboxylic acids is 5. The van der Waals surface area contributed by atoms with Crippen molar-refractivity contribution in [3.05, 3.63) is 62.8 Å². The molecular weight excluding hydrogens is 596 g/mol. The molecule has 0 spiro atoms. The number of nitrogens with zero attached hydrogens (tertiary/aromatic N) is 4. The molecule has 3 amide bonds. The third-order valence-corrected chi connectivity index (χ3v) is 7.60. The number of anilines is 1. The summed E-state index contributed by atoms with van der Waals surface area (Å²) in [5.41, 5.74) is 0.0699. The topological polar surface area (TPSA) is 209 Å². The number of nitrogens with one attached hydrogen (secondary N) is 2. The Bertz CT molecular complexity index is 1460. The summed E-state index contributed by atoms with van der Waals surface area (Å²) in [6.45, 7) is 0.970. The van der Waals surface area contributed by atoms with Crippen LogP contribution in [0.2, 0.25) is 0 Å². The fraction of sp³-hybridized carbons (Fsp3) is 0.292. The van der Waals surface area contributed by atoms with Crippen LogP contribution in [-0.2, 0) is 44.9 Å². The van der Waals surface area contributed by atoms with Crippen LogP contribution in [0.15, 0.2) is 46.6 Å². The molecule has 1 aromatic carbocycles. The van der Waals surface area contributed by atoms with Crippen LogP contribution in [0.1, 0.15) is 18.2 Å². The Morgan fingerprint density at radius 2 is 2.02 bits per heavy atom. The van der Waals surface area contributed by atoms with E-state index in [1.807, 2.05) is 0 Å². The van der Waals surface area contributed by atoms with Crippen molar-refractivity contribution >= 4 is 69.8 Å². The Kier molecular flexibility index (Phi) is 9.81. The van der Waals surface area contributed by atoms with E-state index < -0.39 is 46.7 Å². The first-order valence-corrected chi connectivity index (χ1v) is 14.0. The van der Waals surface area contributed by atoms with Gasteiger partial charge in [-0.3, -0.25) is 29.4 Å². The smallest absolute Gasteiger partial charge is 0.355 e. The maximum Gasteiger partial charge on any atom is 0.355 e. The lowest BCUT2D eigenvalue weighted by atomic mass is 10.0. The molecular formula is C24H22N6O10S2. The molecule has 16 nitrogen and oxygen atoms in total. The molecule has 2 aliphatic rings. The predicted molar refractivity (Wildman–Crippen MR) is 147 cm³/mol. The van der Waals surface area contributed by atoms with Gasteiger partial charge in [0, 0.05) is 23.3 Å². The van der Waals surface area contributed by atoms with Gasteiger partial charge in [-0.1, -0.05) is 5.16 Å². The SMILES string of the molecule is CCOC(=O)CO/N=C(/C(=O)NC1C(=O)N2C(C(=O)OCc3ccc([N+](=O)[O-])cc3)=CCS[C@H]12)c1csc(NC=O)n1. The average Bonchev–Trinajstić information content (AvgIpc) is 3.44. The van der Waals surface area contributed by atoms with E-state index in [0.29, 0.717) is 17.7 Å². The van der Waals surface area contributed by atoms with Crippen molar-refractivity contribution in [2.75, 3.05) is 24.3 Å². The van der Waals surface area contributed by atoms with Gasteiger partial charge in [0.05, 0.1) is 11.5 Å². The van der Waals surface area contributed by atoms with Crippen LogP contribution in [0.5, 0.6) is 0 Å². The van der Waals surface area contributed by atoms with E-state index >= 15 is 0 Å². The Labute approximate surface area is 245 Å². The normalized spacial score (nSPS) is 17.6. The number of nitro groups is 1. The van der Waals surface area contributed by atoms with Crippen molar-refractivity contribution in [2.45, 2.75) is 24.9 Å². The van der Waals surface area contributed by atoms with Crippen molar-refractivity contribution in [3.8, 4) is 0 Å². The number of thioether (sulfide) groups is 1. The number of non-ortho nitro benzene ring substituents is 1. The van der Waals surface area contributed by atoms with Gasteiger partial charge in [0.25, 0.3) is 17.5 Å². The Balaban J connectivity index is 1.41. The number of nitro benzene ring substituents is 1. The number of esters is 2. The quantitative estimate of drug-likeness (QED) is 0.0802. The molecule has 42 heavy (non-hydrogen) atoms. The van der Waals surface area contributed by atoms with Gasteiger partial charge in [-0.25, -0.2) is 14.6 Å². The summed E-state index contributed by atoms with van der Waals surface area (Å²) >= 11 is 2.30. The van der Waals surface area contributed by atoms with Gasteiger partial charge in [-0.15, -0.1) is 23.1 Å². The minimum atomic E-state index is -1.03. The summed E-state index contributed by atoms with van der Waals surface area (Å²) in [7, 11) is 0. The number of hydrogen-bond donors (Lipinski definition) is 2. The molecule has 2 aromatic rings. The Hall–Kier alpha value is -4.84. The van der Waals surface area contributed by atoms with Gasteiger partial charge < -0.3 is 24.9 Å². The highest BCUT2D eigenvalue weighted by Gasteiger charge is 2.53. The lowest BCUT2D eigenvalue weighted by molar-refractivity contribution is -0.384. The van der Waals surface area contributed by atoms with E-state index in [1.165, 1.54) is 52.4 Å². The Morgan fingerprint density at radius 3 is 2.71 bits per heavy atom. The summed E-state index contributed by atoms with van der Waals surface area (Å²) in [5.74, 6) is -2.57. The first-order valence-electron chi connectivity index (χ1n) is 12.1. The molecule has 0 bridgehead atoms. The molecule has 2 aliphatic heterocycles. The molecule has 4 rings (SSSR count). The Morgan fingerprint density at radius 1 is 1.26 bits per heavy atom. The molecule has 1 saturated heterocycles. The zero-order valence-electron chi connectivity index (χ0n) is 21.7. The second kappa shape index (κ2) is 13.7. The van der Waals surface area contributed by atoms with E-state index in [-0.39, 0.29) is 41.1 Å². The number of amides is 3. The second-order valence-corrected chi connectivity index (χ2v) is 10.3. The number of benzene rings is 1. The number of β-lactam (4-membered cyclic amide) rings is 1. The van der Waals surface area contributed by atoms with Gasteiger partial charge in [-0.2, -0.15) is 0 Å². The van der Waals surface area contributed by atoms with Gasteiger partial charge in [0.2, 0.25) is 13.0 Å². The van der Waals surface area contributed by atoms with Crippen molar-refractivity contribution in [1.82, 2.24) is 15.2 Å². The summed E-state index contributed by atoms with van der Waals surface area (Å²) in [6.07, 6.45) is 1.93. The summed E-state index contributed by atoms with van der Waals surface area (Å²) < 4.78 is 10.1. The van der Waals surface area contributed by atoms with E-state index in [9.17, 15) is 34.1 Å². The maximum absolute atomic E-state index is 13.2. The number of aromatic nitrogens is 1. The number of rotatable bonds is 13. The first-order chi connectivity index (χ1) is 20.2. The van der Waals surface area contributed by atoms with Crippen LogP contribution in [0.4, 0.5) is 10.8 Å². The fourth-order valence-corrected chi connectivity index (χ4v) is 5.58. The third-order valence-electron chi connectivity index (χ3n) is 5.65. The molecule has 2 N–H and O–H groups in total. The molecule has 0 saturated carbocycles. The lowest BCUT2D eigenvalue weighted by Crippen LogP contribution is -2.70. The van der Waals surface area contributed by atoms with Gasteiger partial charge >= 0.3 is 11.9 Å². The standard InChI is InChI=1S/C24H22N6O10S2/c1-2-38-17(32)10-40-28-18(15-11-42-24(26-15)25-12-31)20(33)27-19-21(34)29-16(7-8-41-22(19)29)23(35)39-9-13-3-5-14(6-4-13)30(36)37/h3-7,11-12,19,22H,2,8-10H2,1H3,(H,27,33)(H,25,26,31)/b28-18+/t19?,22-/m1/s1. The van der Waals surface area contributed by atoms with Crippen molar-refractivity contribution in [1.29, 1.82) is 0 Å².